The number of carbonyl (C=O) groups excluding carboxylic acids is 1. The zero-order chi connectivity index (χ0) is 11.4. The molecule has 0 spiro atoms. The maximum atomic E-state index is 10.7. The Kier molecular flexibility index (Phi) is 3.64. The average molecular weight is 229 g/mol. The Labute approximate surface area is 88.9 Å². The molecule has 7 heteroatoms. The van der Waals surface area contributed by atoms with Gasteiger partial charge in [-0.05, 0) is 12.1 Å². The molecule has 0 saturated carbocycles. The molecule has 0 bridgehead atoms. The zero-order valence-electron chi connectivity index (χ0n) is 7.85. The predicted molar refractivity (Wildman–Crippen MR) is 54.7 cm³/mol. The first-order valence-electron chi connectivity index (χ1n) is 3.93. The van der Waals surface area contributed by atoms with E-state index in [1.807, 2.05) is 0 Å². The summed E-state index contributed by atoms with van der Waals surface area (Å²) in [7, 11) is 0. The summed E-state index contributed by atoms with van der Waals surface area (Å²) in [6, 6.07) is 4.30. The van der Waals surface area contributed by atoms with Crippen molar-refractivity contribution in [2.45, 2.75) is 6.92 Å². The third-order valence-corrected chi connectivity index (χ3v) is 1.81. The molecule has 1 unspecified atom stereocenters. The lowest BCUT2D eigenvalue weighted by atomic mass is 10.2. The minimum atomic E-state index is -2.69. The van der Waals surface area contributed by atoms with Crippen LogP contribution in [-0.4, -0.2) is 14.7 Å². The molecule has 1 aromatic carbocycles. The van der Waals surface area contributed by atoms with Gasteiger partial charge in [0, 0.05) is 18.7 Å². The fourth-order valence-corrected chi connectivity index (χ4v) is 1.25. The molecule has 0 aliphatic carbocycles. The highest BCUT2D eigenvalue weighted by Crippen LogP contribution is 2.25. The lowest BCUT2D eigenvalue weighted by molar-refractivity contribution is -0.114. The van der Waals surface area contributed by atoms with Gasteiger partial charge in [-0.15, -0.1) is 0 Å². The van der Waals surface area contributed by atoms with Crippen molar-refractivity contribution in [2.24, 2.45) is 0 Å². The van der Waals surface area contributed by atoms with Crippen LogP contribution in [0.2, 0.25) is 0 Å². The standard InChI is InChI=1S/C8H10N2O4S/c1-5(11)10-6-2-3-7(9)8(4-6)14-15(12)13/h2-4H,9H2,1H3,(H,10,11)(H,12,13)/p-1. The molecule has 0 aromatic heterocycles. The molecule has 3 N–H and O–H groups in total. The summed E-state index contributed by atoms with van der Waals surface area (Å²) in [6.07, 6.45) is 0. The van der Waals surface area contributed by atoms with Crippen LogP contribution >= 0.6 is 0 Å². The molecule has 15 heavy (non-hydrogen) atoms. The predicted octanol–water partition coefficient (Wildman–Crippen LogP) is 0.400. The number of carbonyl (C=O) groups is 1. The van der Waals surface area contributed by atoms with Crippen LogP contribution in [-0.2, 0) is 16.2 Å². The lowest BCUT2D eigenvalue weighted by Crippen LogP contribution is -2.07. The molecule has 0 saturated heterocycles. The molecule has 0 aliphatic rings. The summed E-state index contributed by atoms with van der Waals surface area (Å²) in [6.45, 7) is 1.34. The summed E-state index contributed by atoms with van der Waals surface area (Å²) < 4.78 is 25.0. The van der Waals surface area contributed by atoms with Gasteiger partial charge in [0.1, 0.15) is 11.4 Å². The second-order valence-electron chi connectivity index (χ2n) is 2.72. The molecular formula is C8H9N2O4S-. The molecule has 1 rings (SSSR count). The van der Waals surface area contributed by atoms with Gasteiger partial charge in [-0.25, -0.2) is 4.21 Å². The normalized spacial score (nSPS) is 11.9. The Morgan fingerprint density at radius 1 is 1.60 bits per heavy atom. The number of hydrogen-bond acceptors (Lipinski definition) is 5. The van der Waals surface area contributed by atoms with Crippen molar-refractivity contribution in [3.05, 3.63) is 18.2 Å². The van der Waals surface area contributed by atoms with Crippen molar-refractivity contribution in [3.63, 3.8) is 0 Å². The van der Waals surface area contributed by atoms with Crippen molar-refractivity contribution >= 4 is 28.6 Å². The number of amides is 1. The second kappa shape index (κ2) is 4.76. The number of rotatable bonds is 3. The lowest BCUT2D eigenvalue weighted by Gasteiger charge is -2.11. The third kappa shape index (κ3) is 3.56. The van der Waals surface area contributed by atoms with Gasteiger partial charge >= 0.3 is 0 Å². The fraction of sp³-hybridized carbons (Fsp3) is 0.125. The number of nitrogens with one attached hydrogen (secondary N) is 1. The van der Waals surface area contributed by atoms with Crippen molar-refractivity contribution in [1.82, 2.24) is 0 Å². The Hall–Kier alpha value is -1.60. The van der Waals surface area contributed by atoms with Crippen LogP contribution in [0.1, 0.15) is 6.92 Å². The number of benzene rings is 1. The molecule has 0 heterocycles. The highest BCUT2D eigenvalue weighted by molar-refractivity contribution is 7.74. The van der Waals surface area contributed by atoms with Crippen LogP contribution in [0.3, 0.4) is 0 Å². The van der Waals surface area contributed by atoms with Crippen molar-refractivity contribution in [3.8, 4) is 5.75 Å². The van der Waals surface area contributed by atoms with Crippen molar-refractivity contribution in [1.29, 1.82) is 0 Å². The van der Waals surface area contributed by atoms with E-state index in [9.17, 15) is 13.6 Å². The Balaban J connectivity index is 2.94. The van der Waals surface area contributed by atoms with E-state index >= 15 is 0 Å². The first-order valence-corrected chi connectivity index (χ1v) is 4.93. The van der Waals surface area contributed by atoms with Crippen LogP contribution in [0.25, 0.3) is 0 Å². The molecule has 1 aromatic rings. The number of nitrogen functional groups attached to an aromatic ring is 1. The first-order chi connectivity index (χ1) is 6.99. The number of hydrogen-bond donors (Lipinski definition) is 2. The number of anilines is 2. The van der Waals surface area contributed by atoms with E-state index in [0.717, 1.165) is 0 Å². The van der Waals surface area contributed by atoms with Gasteiger partial charge in [0.25, 0.3) is 0 Å². The summed E-state index contributed by atoms with van der Waals surface area (Å²) >= 11 is -2.69. The summed E-state index contributed by atoms with van der Waals surface area (Å²) in [5.41, 5.74) is 6.05. The molecule has 0 aliphatic heterocycles. The molecule has 0 radical (unpaired) electrons. The third-order valence-electron chi connectivity index (χ3n) is 1.49. The van der Waals surface area contributed by atoms with E-state index in [-0.39, 0.29) is 17.3 Å². The van der Waals surface area contributed by atoms with E-state index in [1.165, 1.54) is 25.1 Å². The molecule has 6 nitrogen and oxygen atoms in total. The van der Waals surface area contributed by atoms with Gasteiger partial charge in [0.2, 0.25) is 5.91 Å². The molecular weight excluding hydrogens is 220 g/mol. The smallest absolute Gasteiger partial charge is 0.221 e. The number of nitrogens with two attached hydrogens (primary N) is 1. The molecule has 0 fully saturated rings. The molecule has 82 valence electrons. The van der Waals surface area contributed by atoms with Gasteiger partial charge in [0.05, 0.1) is 5.69 Å². The van der Waals surface area contributed by atoms with E-state index < -0.39 is 11.4 Å². The van der Waals surface area contributed by atoms with E-state index in [2.05, 4.69) is 9.50 Å². The minimum absolute atomic E-state index is 0.0189. The SMILES string of the molecule is CC(=O)Nc1ccc(N)c(OS(=O)[O-])c1. The van der Waals surface area contributed by atoms with E-state index in [0.29, 0.717) is 5.69 Å². The average Bonchev–Trinajstić information content (AvgIpc) is 2.09. The van der Waals surface area contributed by atoms with Gasteiger partial charge < -0.3 is 19.8 Å². The topological polar surface area (TPSA) is 104 Å². The highest BCUT2D eigenvalue weighted by atomic mass is 32.2. The van der Waals surface area contributed by atoms with Gasteiger partial charge in [-0.2, -0.15) is 0 Å². The van der Waals surface area contributed by atoms with Crippen molar-refractivity contribution in [2.75, 3.05) is 11.1 Å². The van der Waals surface area contributed by atoms with Crippen LogP contribution in [0.4, 0.5) is 11.4 Å². The van der Waals surface area contributed by atoms with Crippen LogP contribution in [0.5, 0.6) is 5.75 Å². The molecule has 1 atom stereocenters. The zero-order valence-corrected chi connectivity index (χ0v) is 8.67. The van der Waals surface area contributed by atoms with Gasteiger partial charge in [-0.3, -0.25) is 4.79 Å². The summed E-state index contributed by atoms with van der Waals surface area (Å²) in [5.74, 6) is -0.288. The molecule has 1 amide bonds. The van der Waals surface area contributed by atoms with E-state index in [1.54, 1.807) is 0 Å². The fourth-order valence-electron chi connectivity index (χ4n) is 0.961. The Bertz CT molecular complexity index is 408. The monoisotopic (exact) mass is 229 g/mol. The van der Waals surface area contributed by atoms with E-state index in [4.69, 9.17) is 5.73 Å². The maximum Gasteiger partial charge on any atom is 0.221 e. The quantitative estimate of drug-likeness (QED) is 0.576. The minimum Gasteiger partial charge on any atom is -0.740 e. The van der Waals surface area contributed by atoms with Crippen LogP contribution in [0.15, 0.2) is 18.2 Å². The second-order valence-corrected chi connectivity index (χ2v) is 3.30. The summed E-state index contributed by atoms with van der Waals surface area (Å²) in [5, 5.41) is 2.47. The maximum absolute atomic E-state index is 10.7. The van der Waals surface area contributed by atoms with Crippen molar-refractivity contribution < 1.29 is 17.7 Å². The Morgan fingerprint density at radius 2 is 2.27 bits per heavy atom. The summed E-state index contributed by atoms with van der Waals surface area (Å²) in [4.78, 5) is 10.7. The Morgan fingerprint density at radius 3 is 2.80 bits per heavy atom. The first kappa shape index (κ1) is 11.5. The van der Waals surface area contributed by atoms with Gasteiger partial charge in [-0.1, -0.05) is 0 Å². The van der Waals surface area contributed by atoms with Gasteiger partial charge in [0.15, 0.2) is 5.75 Å². The van der Waals surface area contributed by atoms with Crippen LogP contribution in [0, 0.1) is 0 Å². The highest BCUT2D eigenvalue weighted by Gasteiger charge is 2.03. The van der Waals surface area contributed by atoms with Crippen LogP contribution < -0.4 is 15.2 Å². The largest absolute Gasteiger partial charge is 0.740 e.